The average Bonchev–Trinajstić information content (AvgIpc) is 3.01. The van der Waals surface area contributed by atoms with E-state index in [0.717, 1.165) is 5.39 Å². The molecule has 2 aromatic carbocycles. The van der Waals surface area contributed by atoms with Gasteiger partial charge in [-0.15, -0.1) is 0 Å². The molecule has 27 heavy (non-hydrogen) atoms. The van der Waals surface area contributed by atoms with E-state index >= 15 is 0 Å². The molecule has 1 aromatic heterocycles. The summed E-state index contributed by atoms with van der Waals surface area (Å²) in [6.07, 6.45) is -0.235. The molecule has 0 fully saturated rings. The number of aromatic nitrogens is 2. The van der Waals surface area contributed by atoms with Gasteiger partial charge in [0.1, 0.15) is 0 Å². The van der Waals surface area contributed by atoms with Gasteiger partial charge >= 0.3 is 6.18 Å². The fourth-order valence-corrected chi connectivity index (χ4v) is 3.93. The maximum atomic E-state index is 13.5. The second-order valence-electron chi connectivity index (χ2n) is 6.29. The number of benzene rings is 2. The third-order valence-electron chi connectivity index (χ3n) is 4.55. The molecular formula is C18H14F3N3O2S. The number of fused-ring (bicyclic) bond motifs is 3. The number of sulfonamides is 1. The summed E-state index contributed by atoms with van der Waals surface area (Å²) in [6.45, 7) is 0. The fraction of sp³-hybridized carbons (Fsp3) is 0.167. The lowest BCUT2D eigenvalue weighted by Gasteiger charge is -2.18. The van der Waals surface area contributed by atoms with Crippen molar-refractivity contribution >= 4 is 31.7 Å². The van der Waals surface area contributed by atoms with E-state index in [4.69, 9.17) is 5.14 Å². The number of nitrogens with zero attached hydrogens (tertiary/aromatic N) is 2. The first-order chi connectivity index (χ1) is 12.7. The van der Waals surface area contributed by atoms with Crippen molar-refractivity contribution in [1.82, 2.24) is 9.78 Å². The molecule has 140 valence electrons. The van der Waals surface area contributed by atoms with Gasteiger partial charge in [-0.1, -0.05) is 42.5 Å². The summed E-state index contributed by atoms with van der Waals surface area (Å²) in [5, 5.41) is 10.4. The Kier molecular flexibility index (Phi) is 3.90. The lowest BCUT2D eigenvalue weighted by molar-refractivity contribution is -0.140. The van der Waals surface area contributed by atoms with Crippen molar-refractivity contribution in [1.29, 1.82) is 0 Å². The number of hydrogen-bond donors (Lipinski definition) is 1. The Morgan fingerprint density at radius 3 is 2.48 bits per heavy atom. The molecule has 0 saturated heterocycles. The van der Waals surface area contributed by atoms with Gasteiger partial charge in [-0.3, -0.25) is 4.68 Å². The van der Waals surface area contributed by atoms with Gasteiger partial charge in [0.15, 0.2) is 5.69 Å². The maximum absolute atomic E-state index is 13.5. The van der Waals surface area contributed by atoms with Crippen molar-refractivity contribution in [2.45, 2.75) is 18.6 Å². The lowest BCUT2D eigenvalue weighted by Crippen LogP contribution is -2.17. The zero-order valence-electron chi connectivity index (χ0n) is 13.8. The van der Waals surface area contributed by atoms with Crippen LogP contribution < -0.4 is 5.14 Å². The number of hydrogen-bond acceptors (Lipinski definition) is 3. The van der Waals surface area contributed by atoms with Gasteiger partial charge in [0.25, 0.3) is 0 Å². The summed E-state index contributed by atoms with van der Waals surface area (Å²) in [5.41, 5.74) is -0.597. The van der Waals surface area contributed by atoms with Crippen LogP contribution in [0.15, 0.2) is 59.5 Å². The zero-order valence-corrected chi connectivity index (χ0v) is 14.6. The summed E-state index contributed by atoms with van der Waals surface area (Å²) >= 11 is 0. The van der Waals surface area contributed by atoms with Gasteiger partial charge in [0, 0.05) is 10.8 Å². The molecule has 0 radical (unpaired) electrons. The highest BCUT2D eigenvalue weighted by atomic mass is 32.2. The van der Waals surface area contributed by atoms with Crippen LogP contribution in [0.4, 0.5) is 13.2 Å². The first kappa shape index (κ1) is 17.7. The van der Waals surface area contributed by atoms with Crippen LogP contribution in [0.25, 0.3) is 21.7 Å². The molecule has 4 rings (SSSR count). The minimum absolute atomic E-state index is 0.0100. The molecule has 9 heteroatoms. The smallest absolute Gasteiger partial charge is 0.256 e. The Morgan fingerprint density at radius 1 is 1.11 bits per heavy atom. The monoisotopic (exact) mass is 393 g/mol. The van der Waals surface area contributed by atoms with Crippen molar-refractivity contribution in [2.75, 3.05) is 0 Å². The number of halogens is 3. The van der Waals surface area contributed by atoms with Crippen LogP contribution in [0.5, 0.6) is 0 Å². The van der Waals surface area contributed by atoms with Gasteiger partial charge in [-0.05, 0) is 23.9 Å². The summed E-state index contributed by atoms with van der Waals surface area (Å²) in [6, 6.07) is 9.61. The first-order valence-corrected chi connectivity index (χ1v) is 9.59. The van der Waals surface area contributed by atoms with Crippen molar-refractivity contribution in [3.8, 4) is 0 Å². The van der Waals surface area contributed by atoms with E-state index in [1.807, 2.05) is 6.07 Å². The predicted octanol–water partition coefficient (Wildman–Crippen LogP) is 3.88. The molecular weight excluding hydrogens is 379 g/mol. The molecule has 0 spiro atoms. The van der Waals surface area contributed by atoms with E-state index in [0.29, 0.717) is 10.9 Å². The Bertz CT molecular complexity index is 1220. The van der Waals surface area contributed by atoms with Crippen LogP contribution in [0.3, 0.4) is 0 Å². The zero-order chi connectivity index (χ0) is 19.4. The number of allylic oxidation sites excluding steroid dienone is 3. The maximum Gasteiger partial charge on any atom is 0.435 e. The molecule has 1 aliphatic carbocycles. The minimum Gasteiger partial charge on any atom is -0.256 e. The van der Waals surface area contributed by atoms with E-state index in [-0.39, 0.29) is 16.7 Å². The average molecular weight is 393 g/mol. The Hall–Kier alpha value is -2.65. The van der Waals surface area contributed by atoms with Crippen LogP contribution in [0, 0.1) is 0 Å². The van der Waals surface area contributed by atoms with Gasteiger partial charge in [0.2, 0.25) is 10.0 Å². The third-order valence-corrected chi connectivity index (χ3v) is 5.51. The normalized spacial score (nSPS) is 18.2. The van der Waals surface area contributed by atoms with E-state index in [1.165, 1.54) is 29.0 Å². The second-order valence-corrected chi connectivity index (χ2v) is 7.85. The minimum atomic E-state index is -4.61. The van der Waals surface area contributed by atoms with Crippen LogP contribution in [-0.4, -0.2) is 18.2 Å². The van der Waals surface area contributed by atoms with Crippen LogP contribution in [-0.2, 0) is 16.2 Å². The molecule has 0 saturated carbocycles. The highest BCUT2D eigenvalue weighted by molar-refractivity contribution is 7.93. The van der Waals surface area contributed by atoms with E-state index in [2.05, 4.69) is 5.10 Å². The summed E-state index contributed by atoms with van der Waals surface area (Å²) in [5.74, 6) is 0. The first-order valence-electron chi connectivity index (χ1n) is 8.04. The standard InChI is InChI=1S/C18H14F3N3O2S/c19-18(20,21)17-15-10-5-11-3-1-2-4-14(11)16(15)24(23-17)12-6-8-13(9-7-12)27(22,25)26/h1-6,8-10,12H,7H2,(H2,22,25,26). The van der Waals surface area contributed by atoms with Crippen molar-refractivity contribution in [3.63, 3.8) is 0 Å². The van der Waals surface area contributed by atoms with Crippen molar-refractivity contribution < 1.29 is 21.6 Å². The highest BCUT2D eigenvalue weighted by Crippen LogP contribution is 2.39. The molecule has 1 heterocycles. The Labute approximate surface area is 152 Å². The molecule has 0 bridgehead atoms. The van der Waals surface area contributed by atoms with Crippen LogP contribution >= 0.6 is 0 Å². The van der Waals surface area contributed by atoms with Crippen molar-refractivity contribution in [3.05, 3.63) is 65.2 Å². The molecule has 2 N–H and O–H groups in total. The summed E-state index contributed by atoms with van der Waals surface area (Å²) in [7, 11) is -3.86. The molecule has 0 amide bonds. The largest absolute Gasteiger partial charge is 0.435 e. The molecule has 0 aliphatic heterocycles. The lowest BCUT2D eigenvalue weighted by atomic mass is 10.0. The van der Waals surface area contributed by atoms with E-state index in [1.54, 1.807) is 24.3 Å². The van der Waals surface area contributed by atoms with Gasteiger partial charge < -0.3 is 0 Å². The van der Waals surface area contributed by atoms with Gasteiger partial charge in [0.05, 0.1) is 16.5 Å². The number of nitrogens with two attached hydrogens (primary N) is 1. The Balaban J connectivity index is 1.95. The molecule has 1 aliphatic rings. The van der Waals surface area contributed by atoms with E-state index in [9.17, 15) is 21.6 Å². The Morgan fingerprint density at radius 2 is 1.85 bits per heavy atom. The SMILES string of the molecule is NS(=O)(=O)C1=CCC(n2nc(C(F)(F)F)c3ccc4ccccc4c32)C=C1. The van der Waals surface area contributed by atoms with Crippen LogP contribution in [0.1, 0.15) is 18.2 Å². The summed E-state index contributed by atoms with van der Waals surface area (Å²) < 4.78 is 64.7. The summed E-state index contributed by atoms with van der Waals surface area (Å²) in [4.78, 5) is -0.0592. The van der Waals surface area contributed by atoms with Gasteiger partial charge in [-0.2, -0.15) is 18.3 Å². The molecule has 5 nitrogen and oxygen atoms in total. The molecule has 3 aromatic rings. The second kappa shape index (κ2) is 5.93. The highest BCUT2D eigenvalue weighted by Gasteiger charge is 2.38. The van der Waals surface area contributed by atoms with Gasteiger partial charge in [-0.25, -0.2) is 13.6 Å². The number of alkyl halides is 3. The number of primary sulfonamides is 1. The fourth-order valence-electron chi connectivity index (χ4n) is 3.34. The topological polar surface area (TPSA) is 78.0 Å². The number of rotatable bonds is 2. The van der Waals surface area contributed by atoms with Crippen LogP contribution in [0.2, 0.25) is 0 Å². The third kappa shape index (κ3) is 3.02. The molecule has 1 unspecified atom stereocenters. The van der Waals surface area contributed by atoms with Crippen molar-refractivity contribution in [2.24, 2.45) is 5.14 Å². The quantitative estimate of drug-likeness (QED) is 0.718. The predicted molar refractivity (Wildman–Crippen MR) is 96.2 cm³/mol. The molecule has 1 atom stereocenters. The van der Waals surface area contributed by atoms with E-state index < -0.39 is 27.9 Å².